The number of piperidine rings is 1. The van der Waals surface area contributed by atoms with Crippen LogP contribution in [0.5, 0.6) is 0 Å². The molecule has 0 bridgehead atoms. The van der Waals surface area contributed by atoms with Crippen LogP contribution in [0.3, 0.4) is 0 Å². The molecule has 0 radical (unpaired) electrons. The van der Waals surface area contributed by atoms with E-state index >= 15 is 0 Å². The molecule has 148 valence electrons. The number of carbonyl (C=O) groups excluding carboxylic acids is 1. The molecule has 2 aliphatic heterocycles. The van der Waals surface area contributed by atoms with Crippen molar-refractivity contribution >= 4 is 5.91 Å². The summed E-state index contributed by atoms with van der Waals surface area (Å²) in [7, 11) is 0. The largest absolute Gasteiger partial charge is 0.349 e. The second-order valence-electron chi connectivity index (χ2n) is 8.07. The summed E-state index contributed by atoms with van der Waals surface area (Å²) in [4.78, 5) is 18.3. The molecule has 1 aromatic carbocycles. The minimum atomic E-state index is 0.0367. The maximum absolute atomic E-state index is 12.8. The number of fused-ring (bicyclic) bond motifs is 1. The molecule has 0 saturated carbocycles. The van der Waals surface area contributed by atoms with E-state index in [2.05, 4.69) is 53.5 Å². The highest BCUT2D eigenvalue weighted by Gasteiger charge is 2.31. The van der Waals surface area contributed by atoms with Crippen LogP contribution in [0.15, 0.2) is 18.2 Å². The Balaban J connectivity index is 1.39. The van der Waals surface area contributed by atoms with Crippen molar-refractivity contribution in [1.29, 1.82) is 0 Å². The Hall–Kier alpha value is -1.47. The zero-order valence-electron chi connectivity index (χ0n) is 16.4. The zero-order valence-corrected chi connectivity index (χ0v) is 16.4. The number of benzene rings is 1. The summed E-state index contributed by atoms with van der Waals surface area (Å²) >= 11 is 0. The first-order valence-corrected chi connectivity index (χ1v) is 10.5. The van der Waals surface area contributed by atoms with Crippen LogP contribution in [0.2, 0.25) is 0 Å². The van der Waals surface area contributed by atoms with Crippen molar-refractivity contribution in [1.82, 2.24) is 21.4 Å². The first-order chi connectivity index (χ1) is 13.2. The van der Waals surface area contributed by atoms with E-state index in [-0.39, 0.29) is 30.3 Å². The monoisotopic (exact) mass is 372 g/mol. The van der Waals surface area contributed by atoms with E-state index in [9.17, 15) is 4.79 Å². The van der Waals surface area contributed by atoms with E-state index in [4.69, 9.17) is 4.84 Å². The molecular weight excluding hydrogens is 340 g/mol. The minimum Gasteiger partial charge on any atom is -0.349 e. The Labute approximate surface area is 161 Å². The van der Waals surface area contributed by atoms with Gasteiger partial charge in [0, 0.05) is 12.0 Å². The third-order valence-electron chi connectivity index (χ3n) is 6.30. The van der Waals surface area contributed by atoms with Crippen LogP contribution in [0, 0.1) is 5.92 Å². The van der Waals surface area contributed by atoms with Gasteiger partial charge < -0.3 is 10.6 Å². The minimum absolute atomic E-state index is 0.0367. The highest BCUT2D eigenvalue weighted by molar-refractivity contribution is 5.79. The molecule has 1 amide bonds. The standard InChI is InChI=1S/C21H32N4O2/c1-3-16-12-15(9-10-22-16)21(26)23-18-8-6-13-11-14(5-7-17(13)18)20-24-19(4-2)27-25-20/h5,7,11,15-16,18-20,22,24-25H,3-4,6,8-10,12H2,1-2H3,(H,23,26)/t15?,16?,18-,19?,20?/m1/s1. The van der Waals surface area contributed by atoms with Gasteiger partial charge in [-0.3, -0.25) is 14.9 Å². The summed E-state index contributed by atoms with van der Waals surface area (Å²) < 4.78 is 0. The lowest BCUT2D eigenvalue weighted by molar-refractivity contribution is -0.126. The Bertz CT molecular complexity index is 680. The van der Waals surface area contributed by atoms with Crippen molar-refractivity contribution in [2.75, 3.05) is 6.54 Å². The van der Waals surface area contributed by atoms with Crippen molar-refractivity contribution in [2.24, 2.45) is 5.92 Å². The maximum atomic E-state index is 12.8. The Morgan fingerprint density at radius 1 is 1.26 bits per heavy atom. The van der Waals surface area contributed by atoms with Gasteiger partial charge in [-0.25, -0.2) is 0 Å². The van der Waals surface area contributed by atoms with Crippen molar-refractivity contribution in [3.8, 4) is 0 Å². The van der Waals surface area contributed by atoms with E-state index in [0.717, 1.165) is 45.1 Å². The second kappa shape index (κ2) is 8.27. The van der Waals surface area contributed by atoms with E-state index in [0.29, 0.717) is 6.04 Å². The fraction of sp³-hybridized carbons (Fsp3) is 0.667. The molecule has 6 nitrogen and oxygen atoms in total. The number of carbonyl (C=O) groups is 1. The van der Waals surface area contributed by atoms with Crippen LogP contribution in [0.1, 0.15) is 74.8 Å². The van der Waals surface area contributed by atoms with Crippen molar-refractivity contribution in [3.63, 3.8) is 0 Å². The molecule has 5 atom stereocenters. The van der Waals surface area contributed by atoms with Crippen LogP contribution in [-0.2, 0) is 16.1 Å². The Kier molecular flexibility index (Phi) is 5.78. The predicted molar refractivity (Wildman–Crippen MR) is 105 cm³/mol. The van der Waals surface area contributed by atoms with Gasteiger partial charge in [0.05, 0.1) is 6.04 Å². The van der Waals surface area contributed by atoms with Crippen LogP contribution in [0.25, 0.3) is 0 Å². The highest BCUT2D eigenvalue weighted by atomic mass is 16.7. The molecule has 0 aromatic heterocycles. The van der Waals surface area contributed by atoms with Gasteiger partial charge in [-0.2, -0.15) is 5.48 Å². The molecule has 4 N–H and O–H groups in total. The first kappa shape index (κ1) is 18.9. The molecule has 4 unspecified atom stereocenters. The first-order valence-electron chi connectivity index (χ1n) is 10.5. The fourth-order valence-corrected chi connectivity index (χ4v) is 4.58. The molecule has 27 heavy (non-hydrogen) atoms. The number of hydrogen-bond acceptors (Lipinski definition) is 5. The van der Waals surface area contributed by atoms with E-state index < -0.39 is 0 Å². The van der Waals surface area contributed by atoms with Crippen LogP contribution < -0.4 is 21.4 Å². The Morgan fingerprint density at radius 2 is 2.15 bits per heavy atom. The van der Waals surface area contributed by atoms with Gasteiger partial charge in [0.15, 0.2) is 0 Å². The number of hydrogen-bond donors (Lipinski definition) is 4. The lowest BCUT2D eigenvalue weighted by Crippen LogP contribution is -2.44. The zero-order chi connectivity index (χ0) is 18.8. The topological polar surface area (TPSA) is 74.4 Å². The average molecular weight is 373 g/mol. The van der Waals surface area contributed by atoms with Crippen molar-refractivity contribution in [2.45, 2.75) is 76.8 Å². The lowest BCUT2D eigenvalue weighted by Gasteiger charge is -2.30. The van der Waals surface area contributed by atoms with Gasteiger partial charge in [0.2, 0.25) is 5.91 Å². The highest BCUT2D eigenvalue weighted by Crippen LogP contribution is 2.34. The summed E-state index contributed by atoms with van der Waals surface area (Å²) in [6, 6.07) is 7.22. The molecule has 6 heteroatoms. The van der Waals surface area contributed by atoms with Gasteiger partial charge in [-0.1, -0.05) is 32.0 Å². The van der Waals surface area contributed by atoms with E-state index in [1.54, 1.807) is 0 Å². The quantitative estimate of drug-likeness (QED) is 0.639. The fourth-order valence-electron chi connectivity index (χ4n) is 4.58. The van der Waals surface area contributed by atoms with Gasteiger partial charge in [0.25, 0.3) is 0 Å². The van der Waals surface area contributed by atoms with Crippen LogP contribution in [-0.4, -0.2) is 24.7 Å². The molecule has 1 aromatic rings. The van der Waals surface area contributed by atoms with Gasteiger partial charge in [-0.05, 0) is 61.8 Å². The van der Waals surface area contributed by atoms with Gasteiger partial charge in [-0.15, -0.1) is 0 Å². The second-order valence-corrected chi connectivity index (χ2v) is 8.07. The molecule has 4 rings (SSSR count). The van der Waals surface area contributed by atoms with Crippen molar-refractivity contribution < 1.29 is 9.63 Å². The number of rotatable bonds is 5. The Morgan fingerprint density at radius 3 is 2.93 bits per heavy atom. The SMILES string of the molecule is CCC1CC(C(=O)N[C@@H]2CCc3cc(C4NOC(CC)N4)ccc32)CCN1. The normalized spacial score (nSPS) is 33.0. The lowest BCUT2D eigenvalue weighted by atomic mass is 9.90. The molecular formula is C21H32N4O2. The number of aryl methyl sites for hydroxylation is 1. The number of amides is 1. The number of nitrogens with one attached hydrogen (secondary N) is 4. The number of hydroxylamine groups is 1. The van der Waals surface area contributed by atoms with Gasteiger partial charge >= 0.3 is 0 Å². The summed E-state index contributed by atoms with van der Waals surface area (Å²) in [5.74, 6) is 0.379. The van der Waals surface area contributed by atoms with Gasteiger partial charge in [0.1, 0.15) is 12.4 Å². The van der Waals surface area contributed by atoms with Crippen LogP contribution in [0.4, 0.5) is 0 Å². The molecule has 2 fully saturated rings. The maximum Gasteiger partial charge on any atom is 0.223 e. The summed E-state index contributed by atoms with van der Waals surface area (Å²) in [5, 5.41) is 10.3. The molecule has 0 spiro atoms. The van der Waals surface area contributed by atoms with Crippen LogP contribution >= 0.6 is 0 Å². The average Bonchev–Trinajstić information content (AvgIpc) is 3.35. The molecule has 3 aliphatic rings. The predicted octanol–water partition coefficient (Wildman–Crippen LogP) is 2.43. The van der Waals surface area contributed by atoms with Crippen molar-refractivity contribution in [3.05, 3.63) is 34.9 Å². The van der Waals surface area contributed by atoms with E-state index in [1.807, 2.05) is 0 Å². The third kappa shape index (κ3) is 4.04. The third-order valence-corrected chi connectivity index (χ3v) is 6.30. The molecule has 1 aliphatic carbocycles. The smallest absolute Gasteiger partial charge is 0.223 e. The summed E-state index contributed by atoms with van der Waals surface area (Å²) in [6.45, 7) is 5.23. The molecule has 2 heterocycles. The van der Waals surface area contributed by atoms with E-state index in [1.165, 1.54) is 16.7 Å². The summed E-state index contributed by atoms with van der Waals surface area (Å²) in [5.41, 5.74) is 6.89. The molecule has 2 saturated heterocycles. The summed E-state index contributed by atoms with van der Waals surface area (Å²) in [6.07, 6.45) is 6.02.